The summed E-state index contributed by atoms with van der Waals surface area (Å²) < 4.78 is 15.9. The number of carbonyl (C=O) groups is 1. The van der Waals surface area contributed by atoms with Crippen LogP contribution in [0.1, 0.15) is 16.7 Å². The first-order chi connectivity index (χ1) is 14.2. The molecule has 0 atom stereocenters. The average molecular weight is 396 g/mol. The number of benzene rings is 2. The van der Waals surface area contributed by atoms with E-state index < -0.39 is 0 Å². The molecule has 6 nitrogen and oxygen atoms in total. The molecule has 1 fully saturated rings. The van der Waals surface area contributed by atoms with Crippen molar-refractivity contribution >= 4 is 12.0 Å². The summed E-state index contributed by atoms with van der Waals surface area (Å²) in [6.07, 6.45) is 3.27. The Morgan fingerprint density at radius 3 is 2.41 bits per heavy atom. The Bertz CT molecular complexity index is 827. The van der Waals surface area contributed by atoms with Crippen molar-refractivity contribution in [2.24, 2.45) is 0 Å². The lowest BCUT2D eigenvalue weighted by Crippen LogP contribution is -2.35. The van der Waals surface area contributed by atoms with Gasteiger partial charge in [-0.3, -0.25) is 9.69 Å². The normalized spacial score (nSPS) is 14.7. The molecule has 29 heavy (non-hydrogen) atoms. The molecule has 0 radical (unpaired) electrons. The number of morpholine rings is 1. The highest BCUT2D eigenvalue weighted by molar-refractivity contribution is 5.91. The van der Waals surface area contributed by atoms with Crippen LogP contribution < -0.4 is 14.8 Å². The molecule has 0 aliphatic carbocycles. The van der Waals surface area contributed by atoms with Gasteiger partial charge < -0.3 is 19.5 Å². The fourth-order valence-corrected chi connectivity index (χ4v) is 3.16. The lowest BCUT2D eigenvalue weighted by atomic mass is 10.1. The van der Waals surface area contributed by atoms with Gasteiger partial charge in [0.15, 0.2) is 11.5 Å². The quantitative estimate of drug-likeness (QED) is 0.696. The van der Waals surface area contributed by atoms with Crippen LogP contribution in [0, 0.1) is 0 Å². The van der Waals surface area contributed by atoms with Crippen LogP contribution in [0.4, 0.5) is 0 Å². The highest BCUT2D eigenvalue weighted by atomic mass is 16.5. The fourth-order valence-electron chi connectivity index (χ4n) is 3.16. The first-order valence-corrected chi connectivity index (χ1v) is 9.74. The van der Waals surface area contributed by atoms with Gasteiger partial charge in [0.1, 0.15) is 0 Å². The van der Waals surface area contributed by atoms with Gasteiger partial charge in [0.05, 0.1) is 27.4 Å². The Morgan fingerprint density at radius 2 is 1.72 bits per heavy atom. The zero-order valence-electron chi connectivity index (χ0n) is 17.0. The molecule has 1 aliphatic heterocycles. The van der Waals surface area contributed by atoms with Crippen LogP contribution in [0.2, 0.25) is 0 Å². The number of methoxy groups -OCH3 is 2. The number of hydrogen-bond acceptors (Lipinski definition) is 5. The predicted molar refractivity (Wildman–Crippen MR) is 113 cm³/mol. The summed E-state index contributed by atoms with van der Waals surface area (Å²) in [5, 5.41) is 2.91. The third-order valence-corrected chi connectivity index (χ3v) is 4.83. The minimum absolute atomic E-state index is 0.142. The molecule has 0 aromatic heterocycles. The van der Waals surface area contributed by atoms with E-state index in [0.717, 1.165) is 44.0 Å². The van der Waals surface area contributed by atoms with Crippen molar-refractivity contribution in [3.8, 4) is 11.5 Å². The maximum Gasteiger partial charge on any atom is 0.244 e. The molecule has 6 heteroatoms. The number of nitrogens with one attached hydrogen (secondary N) is 1. The number of nitrogens with zero attached hydrogens (tertiary/aromatic N) is 1. The van der Waals surface area contributed by atoms with E-state index in [0.29, 0.717) is 18.0 Å². The molecule has 154 valence electrons. The van der Waals surface area contributed by atoms with Gasteiger partial charge in [-0.25, -0.2) is 0 Å². The van der Waals surface area contributed by atoms with Crippen molar-refractivity contribution < 1.29 is 19.0 Å². The van der Waals surface area contributed by atoms with Gasteiger partial charge in [-0.2, -0.15) is 0 Å². The van der Waals surface area contributed by atoms with Gasteiger partial charge in [0, 0.05) is 32.3 Å². The van der Waals surface area contributed by atoms with Gasteiger partial charge in [-0.15, -0.1) is 0 Å². The maximum absolute atomic E-state index is 12.1. The highest BCUT2D eigenvalue weighted by Crippen LogP contribution is 2.27. The SMILES string of the molecule is COc1ccc(C=CC(=O)NCc2ccc(CN3CCOCC3)cc2)cc1OC. The fraction of sp³-hybridized carbons (Fsp3) is 0.348. The van der Waals surface area contributed by atoms with Crippen LogP contribution in [0.5, 0.6) is 11.5 Å². The van der Waals surface area contributed by atoms with E-state index >= 15 is 0 Å². The molecular weight excluding hydrogens is 368 g/mol. The molecular formula is C23H28N2O4. The van der Waals surface area contributed by atoms with E-state index in [1.807, 2.05) is 18.2 Å². The summed E-state index contributed by atoms with van der Waals surface area (Å²) >= 11 is 0. The van der Waals surface area contributed by atoms with Gasteiger partial charge in [-0.1, -0.05) is 30.3 Å². The average Bonchev–Trinajstić information content (AvgIpc) is 2.77. The molecule has 1 amide bonds. The van der Waals surface area contributed by atoms with Gasteiger partial charge >= 0.3 is 0 Å². The lowest BCUT2D eigenvalue weighted by molar-refractivity contribution is -0.116. The first kappa shape index (κ1) is 20.9. The monoisotopic (exact) mass is 396 g/mol. The van der Waals surface area contributed by atoms with Crippen LogP contribution in [0.3, 0.4) is 0 Å². The Kier molecular flexibility index (Phi) is 7.67. The summed E-state index contributed by atoms with van der Waals surface area (Å²) in [7, 11) is 3.18. The molecule has 0 spiro atoms. The Hall–Kier alpha value is -2.83. The molecule has 2 aromatic rings. The number of ether oxygens (including phenoxy) is 3. The summed E-state index contributed by atoms with van der Waals surface area (Å²) in [6, 6.07) is 13.9. The van der Waals surface area contributed by atoms with E-state index in [9.17, 15) is 4.79 Å². The third-order valence-electron chi connectivity index (χ3n) is 4.83. The Morgan fingerprint density at radius 1 is 1.03 bits per heavy atom. The van der Waals surface area contributed by atoms with E-state index in [1.165, 1.54) is 11.6 Å². The second kappa shape index (κ2) is 10.6. The second-order valence-electron chi connectivity index (χ2n) is 6.87. The maximum atomic E-state index is 12.1. The largest absolute Gasteiger partial charge is 0.493 e. The van der Waals surface area contributed by atoms with E-state index in [2.05, 4.69) is 34.5 Å². The predicted octanol–water partition coefficient (Wildman–Crippen LogP) is 2.87. The van der Waals surface area contributed by atoms with Crippen molar-refractivity contribution in [3.63, 3.8) is 0 Å². The summed E-state index contributed by atoms with van der Waals surface area (Å²) in [4.78, 5) is 14.5. The zero-order valence-corrected chi connectivity index (χ0v) is 17.0. The minimum Gasteiger partial charge on any atom is -0.493 e. The molecule has 1 N–H and O–H groups in total. The smallest absolute Gasteiger partial charge is 0.244 e. The number of hydrogen-bond donors (Lipinski definition) is 1. The second-order valence-corrected chi connectivity index (χ2v) is 6.87. The summed E-state index contributed by atoms with van der Waals surface area (Å²) in [5.41, 5.74) is 3.21. The summed E-state index contributed by atoms with van der Waals surface area (Å²) in [5.74, 6) is 1.15. The van der Waals surface area contributed by atoms with E-state index in [-0.39, 0.29) is 5.91 Å². The van der Waals surface area contributed by atoms with Crippen LogP contribution in [0.15, 0.2) is 48.5 Å². The third kappa shape index (κ3) is 6.34. The molecule has 0 saturated carbocycles. The number of carbonyl (C=O) groups excluding carboxylic acids is 1. The van der Waals surface area contributed by atoms with Crippen LogP contribution >= 0.6 is 0 Å². The highest BCUT2D eigenvalue weighted by Gasteiger charge is 2.10. The Balaban J connectivity index is 1.48. The van der Waals surface area contributed by atoms with Crippen LogP contribution in [0.25, 0.3) is 6.08 Å². The van der Waals surface area contributed by atoms with Crippen molar-refractivity contribution in [1.82, 2.24) is 10.2 Å². The standard InChI is InChI=1S/C23H28N2O4/c1-27-21-9-7-18(15-22(21)28-2)8-10-23(26)24-16-19-3-5-20(6-4-19)17-25-11-13-29-14-12-25/h3-10,15H,11-14,16-17H2,1-2H3,(H,24,26). The van der Waals surface area contributed by atoms with Crippen molar-refractivity contribution in [2.45, 2.75) is 13.1 Å². The zero-order chi connectivity index (χ0) is 20.5. The van der Waals surface area contributed by atoms with Gasteiger partial charge in [0.25, 0.3) is 0 Å². The molecule has 3 rings (SSSR count). The van der Waals surface area contributed by atoms with Crippen molar-refractivity contribution in [1.29, 1.82) is 0 Å². The summed E-state index contributed by atoms with van der Waals surface area (Å²) in [6.45, 7) is 4.99. The minimum atomic E-state index is -0.142. The number of amides is 1. The molecule has 0 unspecified atom stereocenters. The molecule has 0 bridgehead atoms. The molecule has 2 aromatic carbocycles. The van der Waals surface area contributed by atoms with E-state index in [1.54, 1.807) is 20.3 Å². The van der Waals surface area contributed by atoms with Gasteiger partial charge in [0.2, 0.25) is 5.91 Å². The lowest BCUT2D eigenvalue weighted by Gasteiger charge is -2.26. The molecule has 1 saturated heterocycles. The molecule has 1 heterocycles. The van der Waals surface area contributed by atoms with E-state index in [4.69, 9.17) is 14.2 Å². The number of rotatable bonds is 8. The first-order valence-electron chi connectivity index (χ1n) is 9.74. The topological polar surface area (TPSA) is 60.0 Å². The van der Waals surface area contributed by atoms with Crippen molar-refractivity contribution in [2.75, 3.05) is 40.5 Å². The van der Waals surface area contributed by atoms with Crippen molar-refractivity contribution in [3.05, 3.63) is 65.2 Å². The van der Waals surface area contributed by atoms with Crippen LogP contribution in [-0.4, -0.2) is 51.3 Å². The molecule has 1 aliphatic rings. The van der Waals surface area contributed by atoms with Crippen LogP contribution in [-0.2, 0) is 22.6 Å². The Labute approximate surface area is 172 Å². The van der Waals surface area contributed by atoms with Gasteiger partial charge in [-0.05, 0) is 34.9 Å².